The van der Waals surface area contributed by atoms with E-state index >= 15 is 0 Å². The lowest BCUT2D eigenvalue weighted by Gasteiger charge is -2.07. The lowest BCUT2D eigenvalue weighted by Crippen LogP contribution is -1.92. The summed E-state index contributed by atoms with van der Waals surface area (Å²) in [5, 5.41) is 0.759. The summed E-state index contributed by atoms with van der Waals surface area (Å²) in [5.74, 6) is 0. The van der Waals surface area contributed by atoms with Crippen LogP contribution in [0.25, 0.3) is 0 Å². The lowest BCUT2D eigenvalue weighted by molar-refractivity contribution is 0.151. The molecule has 0 spiro atoms. The molecule has 0 saturated heterocycles. The second-order valence-electron chi connectivity index (χ2n) is 3.51. The summed E-state index contributed by atoms with van der Waals surface area (Å²) in [5.41, 5.74) is 6.01. The smallest absolute Gasteiger partial charge is 0.263 e. The normalized spacial score (nSPS) is 10.9. The maximum Gasteiger partial charge on any atom is 0.263 e. The quantitative estimate of drug-likeness (QED) is 0.841. The van der Waals surface area contributed by atoms with Gasteiger partial charge in [-0.1, -0.05) is 17.8 Å². The van der Waals surface area contributed by atoms with Crippen LogP contribution in [0.1, 0.15) is 12.0 Å². The third-order valence-corrected chi connectivity index (χ3v) is 3.71. The van der Waals surface area contributed by atoms with Crippen molar-refractivity contribution in [2.75, 3.05) is 5.73 Å². The van der Waals surface area contributed by atoms with E-state index in [2.05, 4.69) is 20.9 Å². The van der Waals surface area contributed by atoms with E-state index in [4.69, 9.17) is 5.73 Å². The van der Waals surface area contributed by atoms with Crippen molar-refractivity contribution in [3.63, 3.8) is 0 Å². The van der Waals surface area contributed by atoms with Gasteiger partial charge in [-0.15, -0.1) is 0 Å². The van der Waals surface area contributed by atoms with Crippen molar-refractivity contribution >= 4 is 33.4 Å². The molecule has 2 rings (SSSR count). The Labute approximate surface area is 116 Å². The highest BCUT2D eigenvalue weighted by Gasteiger charge is 2.10. The van der Waals surface area contributed by atoms with Crippen LogP contribution in [-0.4, -0.2) is 4.98 Å². The summed E-state index contributed by atoms with van der Waals surface area (Å²) >= 11 is 4.63. The standard InChI is InChI=1S/C12H9BrF2N2S/c13-8-2-4-11(17-6-8)18-10-3-1-7(12(14)15)5-9(10)16/h1-6,12H,16H2. The zero-order valence-electron chi connectivity index (χ0n) is 9.11. The molecule has 18 heavy (non-hydrogen) atoms. The number of hydrogen-bond donors (Lipinski definition) is 1. The van der Waals surface area contributed by atoms with E-state index in [9.17, 15) is 8.78 Å². The van der Waals surface area contributed by atoms with Gasteiger partial charge in [-0.25, -0.2) is 13.8 Å². The van der Waals surface area contributed by atoms with Crippen molar-refractivity contribution < 1.29 is 8.78 Å². The number of benzene rings is 1. The molecule has 0 aliphatic rings. The van der Waals surface area contributed by atoms with Gasteiger partial charge in [-0.2, -0.15) is 0 Å². The van der Waals surface area contributed by atoms with E-state index < -0.39 is 6.43 Å². The molecule has 2 aromatic rings. The Morgan fingerprint density at radius 1 is 1.22 bits per heavy atom. The number of alkyl halides is 2. The van der Waals surface area contributed by atoms with Crippen molar-refractivity contribution in [2.45, 2.75) is 16.3 Å². The predicted octanol–water partition coefficient (Wildman–Crippen LogP) is 4.52. The van der Waals surface area contributed by atoms with Crippen LogP contribution in [0.4, 0.5) is 14.5 Å². The Hall–Kier alpha value is -1.14. The van der Waals surface area contributed by atoms with Gasteiger partial charge in [0, 0.05) is 26.8 Å². The Bertz CT molecular complexity index is 546. The predicted molar refractivity (Wildman–Crippen MR) is 71.9 cm³/mol. The van der Waals surface area contributed by atoms with Crippen molar-refractivity contribution in [1.29, 1.82) is 0 Å². The Balaban J connectivity index is 2.22. The topological polar surface area (TPSA) is 38.9 Å². The van der Waals surface area contributed by atoms with Gasteiger partial charge in [0.2, 0.25) is 0 Å². The van der Waals surface area contributed by atoms with Crippen molar-refractivity contribution in [3.05, 3.63) is 46.6 Å². The summed E-state index contributed by atoms with van der Waals surface area (Å²) in [7, 11) is 0. The summed E-state index contributed by atoms with van der Waals surface area (Å²) in [6, 6.07) is 7.95. The third kappa shape index (κ3) is 3.20. The van der Waals surface area contributed by atoms with E-state index in [1.165, 1.54) is 23.9 Å². The number of nitrogens with two attached hydrogens (primary N) is 1. The van der Waals surface area contributed by atoms with Crippen LogP contribution in [0.5, 0.6) is 0 Å². The molecule has 1 heterocycles. The van der Waals surface area contributed by atoms with Gasteiger partial charge in [-0.05, 0) is 40.2 Å². The number of halogens is 3. The van der Waals surface area contributed by atoms with E-state index in [-0.39, 0.29) is 5.56 Å². The first-order valence-electron chi connectivity index (χ1n) is 5.03. The van der Waals surface area contributed by atoms with E-state index in [0.29, 0.717) is 10.6 Å². The molecule has 0 amide bonds. The van der Waals surface area contributed by atoms with E-state index in [0.717, 1.165) is 9.50 Å². The zero-order chi connectivity index (χ0) is 13.1. The molecule has 1 aromatic heterocycles. The van der Waals surface area contributed by atoms with Crippen molar-refractivity contribution in [1.82, 2.24) is 4.98 Å². The minimum absolute atomic E-state index is 0.0689. The highest BCUT2D eigenvalue weighted by molar-refractivity contribution is 9.10. The van der Waals surface area contributed by atoms with Gasteiger partial charge >= 0.3 is 0 Å². The number of rotatable bonds is 3. The molecule has 0 bridgehead atoms. The summed E-state index contributed by atoms with van der Waals surface area (Å²) in [6.45, 7) is 0. The molecule has 2 N–H and O–H groups in total. The largest absolute Gasteiger partial charge is 0.398 e. The minimum atomic E-state index is -2.50. The van der Waals surface area contributed by atoms with Gasteiger partial charge in [0.1, 0.15) is 5.03 Å². The molecule has 0 unspecified atom stereocenters. The van der Waals surface area contributed by atoms with Crippen LogP contribution < -0.4 is 5.73 Å². The molecule has 0 aliphatic carbocycles. The van der Waals surface area contributed by atoms with Crippen molar-refractivity contribution in [2.24, 2.45) is 0 Å². The van der Waals surface area contributed by atoms with Crippen LogP contribution in [0.15, 0.2) is 50.9 Å². The number of nitrogens with zero attached hydrogens (tertiary/aromatic N) is 1. The molecular formula is C12H9BrF2N2S. The van der Waals surface area contributed by atoms with Gasteiger partial charge < -0.3 is 5.73 Å². The molecular weight excluding hydrogens is 322 g/mol. The molecule has 6 heteroatoms. The van der Waals surface area contributed by atoms with Crippen LogP contribution in [0.3, 0.4) is 0 Å². The second-order valence-corrected chi connectivity index (χ2v) is 5.49. The first kappa shape index (κ1) is 13.3. The summed E-state index contributed by atoms with van der Waals surface area (Å²) < 4.78 is 25.8. The molecule has 0 atom stereocenters. The maximum absolute atomic E-state index is 12.5. The molecule has 0 saturated carbocycles. The van der Waals surface area contributed by atoms with Gasteiger partial charge in [-0.3, -0.25) is 0 Å². The fourth-order valence-corrected chi connectivity index (χ4v) is 2.35. The molecule has 0 radical (unpaired) electrons. The average molecular weight is 331 g/mol. The van der Waals surface area contributed by atoms with Crippen LogP contribution in [-0.2, 0) is 0 Å². The van der Waals surface area contributed by atoms with E-state index in [1.807, 2.05) is 12.1 Å². The summed E-state index contributed by atoms with van der Waals surface area (Å²) in [4.78, 5) is 4.90. The summed E-state index contributed by atoms with van der Waals surface area (Å²) in [6.07, 6.45) is -0.830. The Morgan fingerprint density at radius 2 is 2.00 bits per heavy atom. The minimum Gasteiger partial charge on any atom is -0.398 e. The van der Waals surface area contributed by atoms with E-state index in [1.54, 1.807) is 12.3 Å². The monoisotopic (exact) mass is 330 g/mol. The second kappa shape index (κ2) is 5.67. The molecule has 0 aliphatic heterocycles. The van der Waals surface area contributed by atoms with Gasteiger partial charge in [0.15, 0.2) is 0 Å². The number of pyridine rings is 1. The molecule has 0 fully saturated rings. The maximum atomic E-state index is 12.5. The number of nitrogen functional groups attached to an aromatic ring is 1. The molecule has 1 aromatic carbocycles. The van der Waals surface area contributed by atoms with Gasteiger partial charge in [0.25, 0.3) is 6.43 Å². The average Bonchev–Trinajstić information content (AvgIpc) is 2.34. The SMILES string of the molecule is Nc1cc(C(F)F)ccc1Sc1ccc(Br)cn1. The number of anilines is 1. The number of hydrogen-bond acceptors (Lipinski definition) is 3. The highest BCUT2D eigenvalue weighted by Crippen LogP contribution is 2.33. The lowest BCUT2D eigenvalue weighted by atomic mass is 10.2. The first-order valence-corrected chi connectivity index (χ1v) is 6.64. The molecule has 94 valence electrons. The Kier molecular flexibility index (Phi) is 4.19. The van der Waals surface area contributed by atoms with Crippen LogP contribution in [0.2, 0.25) is 0 Å². The molecule has 2 nitrogen and oxygen atoms in total. The first-order chi connectivity index (χ1) is 8.56. The third-order valence-electron chi connectivity index (χ3n) is 2.20. The van der Waals surface area contributed by atoms with Crippen molar-refractivity contribution in [3.8, 4) is 0 Å². The van der Waals surface area contributed by atoms with Gasteiger partial charge in [0.05, 0.1) is 0 Å². The fraction of sp³-hybridized carbons (Fsp3) is 0.0833. The highest BCUT2D eigenvalue weighted by atomic mass is 79.9. The fourth-order valence-electron chi connectivity index (χ4n) is 1.33. The van der Waals surface area contributed by atoms with Crippen LogP contribution >= 0.6 is 27.7 Å². The Morgan fingerprint density at radius 3 is 2.56 bits per heavy atom. The zero-order valence-corrected chi connectivity index (χ0v) is 11.5. The number of aromatic nitrogens is 1. The van der Waals surface area contributed by atoms with Crippen LogP contribution in [0, 0.1) is 0 Å².